The molecular formula is C16H25NO2. The fraction of sp³-hybridized carbons (Fsp3) is 0.625. The Balaban J connectivity index is 1.77. The van der Waals surface area contributed by atoms with Gasteiger partial charge >= 0.3 is 0 Å². The molecule has 19 heavy (non-hydrogen) atoms. The molecule has 1 fully saturated rings. The van der Waals surface area contributed by atoms with E-state index in [-0.39, 0.29) is 11.5 Å². The molecule has 106 valence electrons. The summed E-state index contributed by atoms with van der Waals surface area (Å²) in [7, 11) is 0. The molecule has 3 heteroatoms. The van der Waals surface area contributed by atoms with Crippen molar-refractivity contribution in [2.75, 3.05) is 26.2 Å². The fourth-order valence-electron chi connectivity index (χ4n) is 2.36. The van der Waals surface area contributed by atoms with E-state index < -0.39 is 0 Å². The lowest BCUT2D eigenvalue weighted by molar-refractivity contribution is 0.167. The van der Waals surface area contributed by atoms with Crippen LogP contribution in [0.3, 0.4) is 0 Å². The zero-order chi connectivity index (χ0) is 13.9. The predicted molar refractivity (Wildman–Crippen MR) is 77.7 cm³/mol. The average Bonchev–Trinajstić information content (AvgIpc) is 2.75. The summed E-state index contributed by atoms with van der Waals surface area (Å²) in [5.74, 6) is 0.924. The molecule has 0 amide bonds. The Morgan fingerprint density at radius 2 is 1.95 bits per heavy atom. The number of aliphatic hydroxyl groups excluding tert-OH is 1. The zero-order valence-electron chi connectivity index (χ0n) is 12.2. The summed E-state index contributed by atoms with van der Waals surface area (Å²) in [6.45, 7) is 9.96. The van der Waals surface area contributed by atoms with E-state index in [1.165, 1.54) is 5.56 Å². The molecule has 1 heterocycles. The third-order valence-electron chi connectivity index (χ3n) is 3.64. The summed E-state index contributed by atoms with van der Waals surface area (Å²) in [6, 6.07) is 8.35. The van der Waals surface area contributed by atoms with Crippen molar-refractivity contribution in [2.24, 2.45) is 0 Å². The highest BCUT2D eigenvalue weighted by molar-refractivity contribution is 5.31. The van der Waals surface area contributed by atoms with E-state index in [2.05, 4.69) is 37.8 Å². The van der Waals surface area contributed by atoms with Crippen LogP contribution in [-0.4, -0.2) is 42.4 Å². The smallest absolute Gasteiger partial charge is 0.119 e. The SMILES string of the molecule is CC(C)(C)c1ccc(OCCN2CCC(O)C2)cc1. The molecule has 1 aromatic rings. The van der Waals surface area contributed by atoms with E-state index in [0.717, 1.165) is 31.8 Å². The van der Waals surface area contributed by atoms with Crippen LogP contribution in [-0.2, 0) is 5.41 Å². The number of aliphatic hydroxyl groups is 1. The Morgan fingerprint density at radius 1 is 1.26 bits per heavy atom. The highest BCUT2D eigenvalue weighted by Crippen LogP contribution is 2.24. The van der Waals surface area contributed by atoms with Crippen LogP contribution in [0, 0.1) is 0 Å². The van der Waals surface area contributed by atoms with Gasteiger partial charge in [0.25, 0.3) is 0 Å². The molecule has 1 atom stereocenters. The lowest BCUT2D eigenvalue weighted by Gasteiger charge is -2.19. The second kappa shape index (κ2) is 5.93. The van der Waals surface area contributed by atoms with Crippen molar-refractivity contribution < 1.29 is 9.84 Å². The minimum Gasteiger partial charge on any atom is -0.492 e. The van der Waals surface area contributed by atoms with Crippen molar-refractivity contribution in [3.05, 3.63) is 29.8 Å². The van der Waals surface area contributed by atoms with Crippen molar-refractivity contribution >= 4 is 0 Å². The van der Waals surface area contributed by atoms with Gasteiger partial charge in [-0.25, -0.2) is 0 Å². The molecule has 0 aromatic heterocycles. The van der Waals surface area contributed by atoms with Crippen LogP contribution >= 0.6 is 0 Å². The fourth-order valence-corrected chi connectivity index (χ4v) is 2.36. The first kappa shape index (κ1) is 14.4. The van der Waals surface area contributed by atoms with Gasteiger partial charge in [-0.15, -0.1) is 0 Å². The lowest BCUT2D eigenvalue weighted by atomic mass is 9.87. The minimum absolute atomic E-state index is 0.147. The van der Waals surface area contributed by atoms with E-state index in [4.69, 9.17) is 4.74 Å². The first-order chi connectivity index (χ1) is 8.95. The summed E-state index contributed by atoms with van der Waals surface area (Å²) in [5, 5.41) is 9.44. The zero-order valence-corrected chi connectivity index (χ0v) is 12.2. The van der Waals surface area contributed by atoms with Crippen molar-refractivity contribution in [2.45, 2.75) is 38.7 Å². The molecule has 1 saturated heterocycles. The molecule has 2 rings (SSSR count). The van der Waals surface area contributed by atoms with Crippen LogP contribution in [0.4, 0.5) is 0 Å². The van der Waals surface area contributed by atoms with Crippen LogP contribution in [0.2, 0.25) is 0 Å². The third-order valence-corrected chi connectivity index (χ3v) is 3.64. The quantitative estimate of drug-likeness (QED) is 0.905. The van der Waals surface area contributed by atoms with Gasteiger partial charge in [-0.2, -0.15) is 0 Å². The first-order valence-corrected chi connectivity index (χ1v) is 7.09. The van der Waals surface area contributed by atoms with Crippen molar-refractivity contribution in [1.82, 2.24) is 4.90 Å². The summed E-state index contributed by atoms with van der Waals surface area (Å²) in [6.07, 6.45) is 0.742. The second-order valence-electron chi connectivity index (χ2n) is 6.37. The van der Waals surface area contributed by atoms with Crippen LogP contribution < -0.4 is 4.74 Å². The van der Waals surface area contributed by atoms with Crippen LogP contribution in [0.25, 0.3) is 0 Å². The standard InChI is InChI=1S/C16H25NO2/c1-16(2,3)13-4-6-15(7-5-13)19-11-10-17-9-8-14(18)12-17/h4-7,14,18H,8-12H2,1-3H3. The van der Waals surface area contributed by atoms with Gasteiger partial charge in [0, 0.05) is 19.6 Å². The predicted octanol–water partition coefficient (Wildman–Crippen LogP) is 2.43. The highest BCUT2D eigenvalue weighted by Gasteiger charge is 2.19. The Labute approximate surface area is 116 Å². The average molecular weight is 263 g/mol. The summed E-state index contributed by atoms with van der Waals surface area (Å²) in [4.78, 5) is 2.24. The monoisotopic (exact) mass is 263 g/mol. The second-order valence-corrected chi connectivity index (χ2v) is 6.37. The normalized spacial score (nSPS) is 20.7. The summed E-state index contributed by atoms with van der Waals surface area (Å²) >= 11 is 0. The van der Waals surface area contributed by atoms with E-state index >= 15 is 0 Å². The van der Waals surface area contributed by atoms with Gasteiger partial charge in [0.2, 0.25) is 0 Å². The number of ether oxygens (including phenoxy) is 1. The topological polar surface area (TPSA) is 32.7 Å². The van der Waals surface area contributed by atoms with Crippen LogP contribution in [0.15, 0.2) is 24.3 Å². The largest absolute Gasteiger partial charge is 0.492 e. The Morgan fingerprint density at radius 3 is 2.47 bits per heavy atom. The van der Waals surface area contributed by atoms with Gasteiger partial charge in [-0.3, -0.25) is 4.90 Å². The number of benzene rings is 1. The van der Waals surface area contributed by atoms with Gasteiger partial charge in [-0.1, -0.05) is 32.9 Å². The summed E-state index contributed by atoms with van der Waals surface area (Å²) in [5.41, 5.74) is 1.51. The van der Waals surface area contributed by atoms with E-state index in [1.54, 1.807) is 0 Å². The number of nitrogens with zero attached hydrogens (tertiary/aromatic N) is 1. The number of hydrogen-bond acceptors (Lipinski definition) is 3. The maximum absolute atomic E-state index is 9.44. The van der Waals surface area contributed by atoms with Gasteiger partial charge < -0.3 is 9.84 Å². The van der Waals surface area contributed by atoms with Crippen LogP contribution in [0.1, 0.15) is 32.8 Å². The highest BCUT2D eigenvalue weighted by atomic mass is 16.5. The molecule has 1 aliphatic rings. The molecule has 0 saturated carbocycles. The van der Waals surface area contributed by atoms with Crippen molar-refractivity contribution in [1.29, 1.82) is 0 Å². The lowest BCUT2D eigenvalue weighted by Crippen LogP contribution is -2.27. The van der Waals surface area contributed by atoms with E-state index in [0.29, 0.717) is 6.61 Å². The van der Waals surface area contributed by atoms with Crippen molar-refractivity contribution in [3.63, 3.8) is 0 Å². The molecule has 1 aromatic carbocycles. The number of β-amino-alcohol motifs (C(OH)–C–C–N with tert-alkyl or cyclic N) is 1. The number of hydrogen-bond donors (Lipinski definition) is 1. The van der Waals surface area contributed by atoms with E-state index in [1.807, 2.05) is 12.1 Å². The van der Waals surface area contributed by atoms with Crippen molar-refractivity contribution in [3.8, 4) is 5.75 Å². The Bertz CT molecular complexity index is 394. The first-order valence-electron chi connectivity index (χ1n) is 7.09. The van der Waals surface area contributed by atoms with Gasteiger partial charge in [0.15, 0.2) is 0 Å². The molecule has 0 spiro atoms. The maximum Gasteiger partial charge on any atom is 0.119 e. The molecule has 0 radical (unpaired) electrons. The molecule has 0 aliphatic carbocycles. The third kappa shape index (κ3) is 4.22. The molecular weight excluding hydrogens is 238 g/mol. The Kier molecular flexibility index (Phi) is 4.48. The molecule has 1 aliphatic heterocycles. The summed E-state index contributed by atoms with van der Waals surface area (Å²) < 4.78 is 5.75. The number of rotatable bonds is 4. The maximum atomic E-state index is 9.44. The number of likely N-dealkylation sites (tertiary alicyclic amines) is 1. The molecule has 3 nitrogen and oxygen atoms in total. The minimum atomic E-state index is -0.147. The van der Waals surface area contributed by atoms with Crippen LogP contribution in [0.5, 0.6) is 5.75 Å². The van der Waals surface area contributed by atoms with E-state index in [9.17, 15) is 5.11 Å². The van der Waals surface area contributed by atoms with Gasteiger partial charge in [-0.05, 0) is 29.5 Å². The Hall–Kier alpha value is -1.06. The molecule has 1 N–H and O–H groups in total. The van der Waals surface area contributed by atoms with Gasteiger partial charge in [0.05, 0.1) is 6.10 Å². The molecule has 1 unspecified atom stereocenters. The van der Waals surface area contributed by atoms with Gasteiger partial charge in [0.1, 0.15) is 12.4 Å². The molecule has 0 bridgehead atoms.